The summed E-state index contributed by atoms with van der Waals surface area (Å²) in [6.07, 6.45) is 3.22. The zero-order chi connectivity index (χ0) is 12.8. The zero-order valence-corrected chi connectivity index (χ0v) is 10.7. The molecule has 98 valence electrons. The topological polar surface area (TPSA) is 38.8 Å². The van der Waals surface area contributed by atoms with E-state index in [4.69, 9.17) is 9.47 Å². The van der Waals surface area contributed by atoms with Crippen molar-refractivity contribution in [1.29, 1.82) is 0 Å². The maximum absolute atomic E-state index is 11.1. The molecule has 0 aromatic heterocycles. The summed E-state index contributed by atoms with van der Waals surface area (Å²) in [5.74, 6) is 0.815. The maximum Gasteiger partial charge on any atom is 0.210 e. The Morgan fingerprint density at radius 1 is 1.56 bits per heavy atom. The van der Waals surface area contributed by atoms with Gasteiger partial charge in [-0.25, -0.2) is 0 Å². The highest BCUT2D eigenvalue weighted by Crippen LogP contribution is 2.16. The van der Waals surface area contributed by atoms with E-state index in [0.29, 0.717) is 13.1 Å². The Balaban J connectivity index is 1.93. The lowest BCUT2D eigenvalue weighted by Crippen LogP contribution is -2.30. The van der Waals surface area contributed by atoms with Gasteiger partial charge in [0, 0.05) is 19.7 Å². The summed E-state index contributed by atoms with van der Waals surface area (Å²) < 4.78 is 10.7. The molecule has 1 heterocycles. The molecule has 4 nitrogen and oxygen atoms in total. The Kier molecular flexibility index (Phi) is 4.59. The van der Waals surface area contributed by atoms with Crippen LogP contribution < -0.4 is 4.74 Å². The van der Waals surface area contributed by atoms with Crippen LogP contribution in [-0.2, 0) is 16.1 Å². The molecule has 0 radical (unpaired) electrons. The van der Waals surface area contributed by atoms with Gasteiger partial charge < -0.3 is 14.4 Å². The summed E-state index contributed by atoms with van der Waals surface area (Å²) in [4.78, 5) is 12.8. The van der Waals surface area contributed by atoms with Crippen molar-refractivity contribution in [3.05, 3.63) is 29.8 Å². The van der Waals surface area contributed by atoms with Gasteiger partial charge in [0.15, 0.2) is 0 Å². The fraction of sp³-hybridized carbons (Fsp3) is 0.500. The van der Waals surface area contributed by atoms with Crippen LogP contribution in [0.3, 0.4) is 0 Å². The lowest BCUT2D eigenvalue weighted by molar-refractivity contribution is -0.120. The first-order chi connectivity index (χ1) is 8.81. The monoisotopic (exact) mass is 249 g/mol. The number of carbonyl (C=O) groups is 1. The van der Waals surface area contributed by atoms with E-state index in [2.05, 4.69) is 0 Å². The highest BCUT2D eigenvalue weighted by atomic mass is 16.5. The van der Waals surface area contributed by atoms with Gasteiger partial charge in [0.1, 0.15) is 5.75 Å². The van der Waals surface area contributed by atoms with Crippen LogP contribution in [0.5, 0.6) is 5.75 Å². The lowest BCUT2D eigenvalue weighted by atomic mass is 10.2. The Morgan fingerprint density at radius 3 is 3.11 bits per heavy atom. The summed E-state index contributed by atoms with van der Waals surface area (Å²) in [5.41, 5.74) is 1.07. The molecule has 1 aliphatic rings. The second-order valence-electron chi connectivity index (χ2n) is 4.52. The van der Waals surface area contributed by atoms with Gasteiger partial charge in [-0.15, -0.1) is 0 Å². The minimum absolute atomic E-state index is 0.195. The number of ether oxygens (including phenoxy) is 2. The van der Waals surface area contributed by atoms with Gasteiger partial charge in [-0.2, -0.15) is 0 Å². The molecule has 1 amide bonds. The summed E-state index contributed by atoms with van der Waals surface area (Å²) in [5, 5.41) is 0. The van der Waals surface area contributed by atoms with E-state index >= 15 is 0 Å². The second-order valence-corrected chi connectivity index (χ2v) is 4.52. The van der Waals surface area contributed by atoms with Gasteiger partial charge in [0.2, 0.25) is 6.41 Å². The Bertz CT molecular complexity index is 388. The first-order valence-electron chi connectivity index (χ1n) is 6.25. The third kappa shape index (κ3) is 3.47. The molecule has 1 aromatic carbocycles. The third-order valence-electron chi connectivity index (χ3n) is 3.13. The van der Waals surface area contributed by atoms with Crippen LogP contribution in [0.25, 0.3) is 0 Å². The summed E-state index contributed by atoms with van der Waals surface area (Å²) in [6, 6.07) is 7.78. The Hall–Kier alpha value is -1.55. The SMILES string of the molecule is COc1cccc(CN(C=O)CC2CCCO2)c1. The van der Waals surface area contributed by atoms with E-state index in [1.165, 1.54) is 0 Å². The molecule has 0 saturated carbocycles. The van der Waals surface area contributed by atoms with E-state index < -0.39 is 0 Å². The second kappa shape index (κ2) is 6.40. The molecule has 0 N–H and O–H groups in total. The van der Waals surface area contributed by atoms with Crippen molar-refractivity contribution in [3.8, 4) is 5.75 Å². The highest BCUT2D eigenvalue weighted by molar-refractivity contribution is 5.47. The predicted molar refractivity (Wildman–Crippen MR) is 68.4 cm³/mol. The molecule has 1 aromatic rings. The molecule has 0 spiro atoms. The van der Waals surface area contributed by atoms with Crippen LogP contribution in [0.2, 0.25) is 0 Å². The quantitative estimate of drug-likeness (QED) is 0.722. The van der Waals surface area contributed by atoms with Gasteiger partial charge in [0.25, 0.3) is 0 Å². The predicted octanol–water partition coefficient (Wildman–Crippen LogP) is 1.83. The largest absolute Gasteiger partial charge is 0.497 e. The maximum atomic E-state index is 11.1. The standard InChI is InChI=1S/C14H19NO3/c1-17-13-5-2-4-12(8-13)9-15(11-16)10-14-6-3-7-18-14/h2,4-5,8,11,14H,3,6-7,9-10H2,1H3. The minimum Gasteiger partial charge on any atom is -0.497 e. The molecule has 1 unspecified atom stereocenters. The molecule has 18 heavy (non-hydrogen) atoms. The number of nitrogens with zero attached hydrogens (tertiary/aromatic N) is 1. The molecule has 1 fully saturated rings. The molecular weight excluding hydrogens is 230 g/mol. The fourth-order valence-corrected chi connectivity index (χ4v) is 2.20. The van der Waals surface area contributed by atoms with Crippen molar-refractivity contribution < 1.29 is 14.3 Å². The van der Waals surface area contributed by atoms with Gasteiger partial charge in [0.05, 0.1) is 13.2 Å². The number of rotatable bonds is 6. The van der Waals surface area contributed by atoms with Gasteiger partial charge in [-0.3, -0.25) is 4.79 Å². The van der Waals surface area contributed by atoms with Gasteiger partial charge in [-0.05, 0) is 30.5 Å². The number of methoxy groups -OCH3 is 1. The van der Waals surface area contributed by atoms with Crippen molar-refractivity contribution in [2.75, 3.05) is 20.3 Å². The Labute approximate surface area is 107 Å². The Morgan fingerprint density at radius 2 is 2.44 bits per heavy atom. The number of benzene rings is 1. The van der Waals surface area contributed by atoms with E-state index in [1.807, 2.05) is 24.3 Å². The minimum atomic E-state index is 0.195. The first kappa shape index (κ1) is 12.9. The van der Waals surface area contributed by atoms with E-state index in [-0.39, 0.29) is 6.10 Å². The average Bonchev–Trinajstić information content (AvgIpc) is 2.91. The van der Waals surface area contributed by atoms with Crippen molar-refractivity contribution in [2.24, 2.45) is 0 Å². The van der Waals surface area contributed by atoms with E-state index in [1.54, 1.807) is 12.0 Å². The van der Waals surface area contributed by atoms with Crippen LogP contribution >= 0.6 is 0 Å². The number of carbonyl (C=O) groups excluding carboxylic acids is 1. The highest BCUT2D eigenvalue weighted by Gasteiger charge is 2.18. The number of hydrogen-bond donors (Lipinski definition) is 0. The molecule has 0 aliphatic carbocycles. The molecule has 1 saturated heterocycles. The zero-order valence-electron chi connectivity index (χ0n) is 10.7. The van der Waals surface area contributed by atoms with Crippen LogP contribution in [-0.4, -0.2) is 37.7 Å². The van der Waals surface area contributed by atoms with Crippen LogP contribution in [0.4, 0.5) is 0 Å². The summed E-state index contributed by atoms with van der Waals surface area (Å²) >= 11 is 0. The van der Waals surface area contributed by atoms with E-state index in [0.717, 1.165) is 37.2 Å². The van der Waals surface area contributed by atoms with Gasteiger partial charge >= 0.3 is 0 Å². The average molecular weight is 249 g/mol. The van der Waals surface area contributed by atoms with Crippen molar-refractivity contribution in [2.45, 2.75) is 25.5 Å². The van der Waals surface area contributed by atoms with Crippen LogP contribution in [0, 0.1) is 0 Å². The lowest BCUT2D eigenvalue weighted by Gasteiger charge is -2.21. The summed E-state index contributed by atoms with van der Waals surface area (Å²) in [7, 11) is 1.64. The van der Waals surface area contributed by atoms with Crippen molar-refractivity contribution in [1.82, 2.24) is 4.90 Å². The van der Waals surface area contributed by atoms with Crippen LogP contribution in [0.1, 0.15) is 18.4 Å². The third-order valence-corrected chi connectivity index (χ3v) is 3.13. The molecule has 1 aliphatic heterocycles. The number of hydrogen-bond acceptors (Lipinski definition) is 3. The first-order valence-corrected chi connectivity index (χ1v) is 6.25. The summed E-state index contributed by atoms with van der Waals surface area (Å²) in [6.45, 7) is 2.08. The normalized spacial score (nSPS) is 18.6. The van der Waals surface area contributed by atoms with E-state index in [9.17, 15) is 4.79 Å². The smallest absolute Gasteiger partial charge is 0.210 e. The van der Waals surface area contributed by atoms with Crippen LogP contribution in [0.15, 0.2) is 24.3 Å². The number of amides is 1. The molecule has 1 atom stereocenters. The van der Waals surface area contributed by atoms with Crippen molar-refractivity contribution in [3.63, 3.8) is 0 Å². The van der Waals surface area contributed by atoms with Crippen molar-refractivity contribution >= 4 is 6.41 Å². The molecule has 0 bridgehead atoms. The fourth-order valence-electron chi connectivity index (χ4n) is 2.20. The molecule has 2 rings (SSSR count). The molecular formula is C14H19NO3. The molecule has 4 heteroatoms. The van der Waals surface area contributed by atoms with Gasteiger partial charge in [-0.1, -0.05) is 12.1 Å².